The number of hydrogen-bond acceptors (Lipinski definition) is 4. The molecule has 0 bridgehead atoms. The van der Waals surface area contributed by atoms with Gasteiger partial charge in [0.25, 0.3) is 0 Å². The predicted molar refractivity (Wildman–Crippen MR) is 77.9 cm³/mol. The molecule has 0 spiro atoms. The second-order valence-electron chi connectivity index (χ2n) is 5.09. The highest BCUT2D eigenvalue weighted by molar-refractivity contribution is 5.40. The molecule has 1 N–H and O–H groups in total. The normalized spacial score (nSPS) is 17.6. The van der Waals surface area contributed by atoms with E-state index in [0.717, 1.165) is 37.5 Å². The van der Waals surface area contributed by atoms with Crippen LogP contribution in [0.25, 0.3) is 0 Å². The van der Waals surface area contributed by atoms with Gasteiger partial charge in [-0.1, -0.05) is 0 Å². The van der Waals surface area contributed by atoms with Crippen LogP contribution in [-0.4, -0.2) is 38.2 Å². The molecule has 112 valence electrons. The highest BCUT2D eigenvalue weighted by Gasteiger charge is 2.28. The maximum absolute atomic E-state index is 13.7. The van der Waals surface area contributed by atoms with Crippen LogP contribution in [0.3, 0.4) is 0 Å². The number of piperazine rings is 1. The molecule has 0 radical (unpaired) electrons. The summed E-state index contributed by atoms with van der Waals surface area (Å²) in [5.74, 6) is 1.22. The molecular formula is C16H19FN2O2. The number of nitrogens with one attached hydrogen (secondary N) is 1. The van der Waals surface area contributed by atoms with Crippen molar-refractivity contribution in [3.8, 4) is 5.75 Å². The van der Waals surface area contributed by atoms with Crippen LogP contribution >= 0.6 is 0 Å². The molecule has 1 atom stereocenters. The molecule has 2 aromatic rings. The molecule has 1 fully saturated rings. The molecule has 0 aliphatic carbocycles. The molecule has 1 aromatic carbocycles. The lowest BCUT2D eigenvalue weighted by atomic mass is 10.0. The molecule has 1 aromatic heterocycles. The number of methoxy groups -OCH3 is 1. The first-order chi connectivity index (χ1) is 10.3. The molecule has 0 amide bonds. The molecule has 4 nitrogen and oxygen atoms in total. The van der Waals surface area contributed by atoms with Crippen LogP contribution in [0.1, 0.15) is 17.4 Å². The van der Waals surface area contributed by atoms with Crippen molar-refractivity contribution in [2.75, 3.05) is 33.3 Å². The van der Waals surface area contributed by atoms with Crippen molar-refractivity contribution in [1.29, 1.82) is 0 Å². The second kappa shape index (κ2) is 6.28. The van der Waals surface area contributed by atoms with Crippen molar-refractivity contribution >= 4 is 0 Å². The van der Waals surface area contributed by atoms with E-state index in [1.807, 2.05) is 12.1 Å². The lowest BCUT2D eigenvalue weighted by molar-refractivity contribution is 0.177. The summed E-state index contributed by atoms with van der Waals surface area (Å²) in [7, 11) is 1.60. The minimum absolute atomic E-state index is 0.132. The van der Waals surface area contributed by atoms with Crippen LogP contribution in [0.15, 0.2) is 41.0 Å². The van der Waals surface area contributed by atoms with Crippen LogP contribution in [0.2, 0.25) is 0 Å². The third kappa shape index (κ3) is 2.94. The Morgan fingerprint density at radius 1 is 1.29 bits per heavy atom. The fraction of sp³-hybridized carbons (Fsp3) is 0.375. The Kier molecular flexibility index (Phi) is 4.22. The van der Waals surface area contributed by atoms with Gasteiger partial charge in [-0.2, -0.15) is 0 Å². The van der Waals surface area contributed by atoms with Gasteiger partial charge in [-0.25, -0.2) is 4.39 Å². The van der Waals surface area contributed by atoms with Crippen molar-refractivity contribution in [2.24, 2.45) is 0 Å². The maximum Gasteiger partial charge on any atom is 0.125 e. The van der Waals surface area contributed by atoms with Gasteiger partial charge in [0.2, 0.25) is 0 Å². The smallest absolute Gasteiger partial charge is 0.125 e. The molecular weight excluding hydrogens is 271 g/mol. The SMILES string of the molecule is COc1ccc(F)cc1[C@H](c1ccco1)N1CCNCC1. The summed E-state index contributed by atoms with van der Waals surface area (Å²) in [6, 6.07) is 8.27. The lowest BCUT2D eigenvalue weighted by Crippen LogP contribution is -2.45. The van der Waals surface area contributed by atoms with Gasteiger partial charge in [-0.3, -0.25) is 4.90 Å². The summed E-state index contributed by atoms with van der Waals surface area (Å²) in [6.07, 6.45) is 1.65. The van der Waals surface area contributed by atoms with E-state index in [0.29, 0.717) is 5.75 Å². The van der Waals surface area contributed by atoms with Gasteiger partial charge in [0, 0.05) is 31.7 Å². The zero-order chi connectivity index (χ0) is 14.7. The van der Waals surface area contributed by atoms with Gasteiger partial charge in [-0.05, 0) is 30.3 Å². The van der Waals surface area contributed by atoms with E-state index >= 15 is 0 Å². The van der Waals surface area contributed by atoms with Gasteiger partial charge >= 0.3 is 0 Å². The Morgan fingerprint density at radius 3 is 2.76 bits per heavy atom. The van der Waals surface area contributed by atoms with E-state index in [4.69, 9.17) is 9.15 Å². The minimum Gasteiger partial charge on any atom is -0.496 e. The van der Waals surface area contributed by atoms with E-state index in [2.05, 4.69) is 10.2 Å². The van der Waals surface area contributed by atoms with Crippen LogP contribution in [0.5, 0.6) is 5.75 Å². The average Bonchev–Trinajstić information content (AvgIpc) is 3.03. The zero-order valence-electron chi connectivity index (χ0n) is 12.0. The Bertz CT molecular complexity index is 580. The van der Waals surface area contributed by atoms with Crippen LogP contribution < -0.4 is 10.1 Å². The number of halogens is 1. The first-order valence-corrected chi connectivity index (χ1v) is 7.11. The second-order valence-corrected chi connectivity index (χ2v) is 5.09. The fourth-order valence-electron chi connectivity index (χ4n) is 2.84. The van der Waals surface area contributed by atoms with E-state index in [9.17, 15) is 4.39 Å². The number of rotatable bonds is 4. The summed E-state index contributed by atoms with van der Waals surface area (Å²) in [5.41, 5.74) is 0.800. The van der Waals surface area contributed by atoms with Crippen molar-refractivity contribution < 1.29 is 13.5 Å². The Labute approximate surface area is 123 Å². The van der Waals surface area contributed by atoms with E-state index in [1.54, 1.807) is 19.4 Å². The molecule has 1 saturated heterocycles. The Morgan fingerprint density at radius 2 is 2.10 bits per heavy atom. The number of furan rings is 1. The van der Waals surface area contributed by atoms with Gasteiger partial charge in [0.05, 0.1) is 19.4 Å². The van der Waals surface area contributed by atoms with Crippen molar-refractivity contribution in [3.63, 3.8) is 0 Å². The monoisotopic (exact) mass is 290 g/mol. The standard InChI is InChI=1S/C16H19FN2O2/c1-20-14-5-4-12(17)11-13(14)16(15-3-2-10-21-15)19-8-6-18-7-9-19/h2-5,10-11,16,18H,6-9H2,1H3/t16-/m1/s1. The van der Waals surface area contributed by atoms with Gasteiger partial charge < -0.3 is 14.5 Å². The maximum atomic E-state index is 13.7. The van der Waals surface area contributed by atoms with Crippen molar-refractivity contribution in [1.82, 2.24) is 10.2 Å². The summed E-state index contributed by atoms with van der Waals surface area (Å²) in [6.45, 7) is 3.58. The predicted octanol–water partition coefficient (Wildman–Crippen LogP) is 2.42. The molecule has 3 rings (SSSR count). The molecule has 21 heavy (non-hydrogen) atoms. The van der Waals surface area contributed by atoms with Gasteiger partial charge in [0.15, 0.2) is 0 Å². The number of nitrogens with zero attached hydrogens (tertiary/aromatic N) is 1. The number of benzene rings is 1. The van der Waals surface area contributed by atoms with Crippen molar-refractivity contribution in [2.45, 2.75) is 6.04 Å². The molecule has 5 heteroatoms. The van der Waals surface area contributed by atoms with Crippen LogP contribution in [0, 0.1) is 5.82 Å². The third-order valence-corrected chi connectivity index (χ3v) is 3.82. The average molecular weight is 290 g/mol. The summed E-state index contributed by atoms with van der Waals surface area (Å²) >= 11 is 0. The van der Waals surface area contributed by atoms with Crippen LogP contribution in [-0.2, 0) is 0 Å². The first kappa shape index (κ1) is 14.1. The lowest BCUT2D eigenvalue weighted by Gasteiger charge is -2.34. The van der Waals surface area contributed by atoms with Gasteiger partial charge in [0.1, 0.15) is 17.3 Å². The van der Waals surface area contributed by atoms with Crippen LogP contribution in [0.4, 0.5) is 4.39 Å². The van der Waals surface area contributed by atoms with Crippen molar-refractivity contribution in [3.05, 3.63) is 53.7 Å². The highest BCUT2D eigenvalue weighted by atomic mass is 19.1. The molecule has 1 aliphatic heterocycles. The quantitative estimate of drug-likeness (QED) is 0.938. The number of ether oxygens (including phenoxy) is 1. The zero-order valence-corrected chi connectivity index (χ0v) is 12.0. The summed E-state index contributed by atoms with van der Waals surface area (Å²) < 4.78 is 24.8. The molecule has 1 aliphatic rings. The Balaban J connectivity index is 2.04. The van der Waals surface area contributed by atoms with E-state index in [1.165, 1.54) is 12.1 Å². The third-order valence-electron chi connectivity index (χ3n) is 3.82. The minimum atomic E-state index is -0.266. The fourth-order valence-corrected chi connectivity index (χ4v) is 2.84. The van der Waals surface area contributed by atoms with Gasteiger partial charge in [-0.15, -0.1) is 0 Å². The van der Waals surface area contributed by atoms with E-state index < -0.39 is 0 Å². The summed E-state index contributed by atoms with van der Waals surface area (Å²) in [5, 5.41) is 3.33. The molecule has 2 heterocycles. The highest BCUT2D eigenvalue weighted by Crippen LogP contribution is 2.35. The van der Waals surface area contributed by atoms with E-state index in [-0.39, 0.29) is 11.9 Å². The Hall–Kier alpha value is -1.85. The summed E-state index contributed by atoms with van der Waals surface area (Å²) in [4.78, 5) is 2.28. The molecule has 0 saturated carbocycles. The number of hydrogen-bond donors (Lipinski definition) is 1. The first-order valence-electron chi connectivity index (χ1n) is 7.11. The molecule has 0 unspecified atom stereocenters. The topological polar surface area (TPSA) is 37.6 Å². The largest absolute Gasteiger partial charge is 0.496 e.